The van der Waals surface area contributed by atoms with Crippen LogP contribution < -0.4 is 14.8 Å². The molecule has 2 aliphatic rings. The molecule has 4 rings (SSSR count). The molecule has 6 heteroatoms. The molecule has 1 fully saturated rings. The highest BCUT2D eigenvalue weighted by Crippen LogP contribution is 2.35. The molecular weight excluding hydrogens is 330 g/mol. The molecule has 0 saturated carbocycles. The Labute approximate surface area is 153 Å². The first kappa shape index (κ1) is 16.7. The highest BCUT2D eigenvalue weighted by Gasteiger charge is 2.26. The maximum absolute atomic E-state index is 12.4. The van der Waals surface area contributed by atoms with E-state index < -0.39 is 0 Å². The van der Waals surface area contributed by atoms with Crippen molar-refractivity contribution in [3.05, 3.63) is 54.1 Å². The number of hydrogen-bond donors (Lipinski definition) is 1. The van der Waals surface area contributed by atoms with Crippen molar-refractivity contribution in [2.45, 2.75) is 13.0 Å². The van der Waals surface area contributed by atoms with E-state index in [1.165, 1.54) is 5.56 Å². The fourth-order valence-electron chi connectivity index (χ4n) is 3.42. The summed E-state index contributed by atoms with van der Waals surface area (Å²) in [7, 11) is 0. The van der Waals surface area contributed by atoms with Crippen molar-refractivity contribution in [3.8, 4) is 11.5 Å². The molecule has 2 heterocycles. The first-order valence-corrected chi connectivity index (χ1v) is 8.95. The van der Waals surface area contributed by atoms with E-state index in [2.05, 4.69) is 29.3 Å². The summed E-state index contributed by atoms with van der Waals surface area (Å²) < 4.78 is 10.9. The van der Waals surface area contributed by atoms with Crippen LogP contribution in [0, 0.1) is 0 Å². The maximum Gasteiger partial charge on any atom is 0.321 e. The lowest BCUT2D eigenvalue weighted by molar-refractivity contribution is 0.119. The van der Waals surface area contributed by atoms with E-state index in [4.69, 9.17) is 9.47 Å². The summed E-state index contributed by atoms with van der Waals surface area (Å²) in [4.78, 5) is 16.7. The average molecular weight is 353 g/mol. The molecule has 0 spiro atoms. The quantitative estimate of drug-likeness (QED) is 0.920. The van der Waals surface area contributed by atoms with Gasteiger partial charge in [0.2, 0.25) is 6.79 Å². The van der Waals surface area contributed by atoms with E-state index in [0.717, 1.165) is 30.3 Å². The first-order valence-electron chi connectivity index (χ1n) is 8.95. The Morgan fingerprint density at radius 1 is 1.00 bits per heavy atom. The molecule has 1 unspecified atom stereocenters. The topological polar surface area (TPSA) is 54.0 Å². The van der Waals surface area contributed by atoms with Gasteiger partial charge in [0.1, 0.15) is 0 Å². The van der Waals surface area contributed by atoms with Gasteiger partial charge < -0.3 is 19.7 Å². The van der Waals surface area contributed by atoms with Crippen molar-refractivity contribution >= 4 is 11.7 Å². The van der Waals surface area contributed by atoms with Crippen molar-refractivity contribution in [3.63, 3.8) is 0 Å². The zero-order valence-corrected chi connectivity index (χ0v) is 14.9. The van der Waals surface area contributed by atoms with Crippen LogP contribution in [-0.2, 0) is 0 Å². The SMILES string of the molecule is CC(c1ccc2c(c1)OCO2)N1CCN(C(=O)Nc2ccccc2)CC1. The van der Waals surface area contributed by atoms with Crippen molar-refractivity contribution < 1.29 is 14.3 Å². The molecule has 2 aliphatic heterocycles. The third-order valence-corrected chi connectivity index (χ3v) is 5.05. The summed E-state index contributed by atoms with van der Waals surface area (Å²) in [5.41, 5.74) is 2.03. The molecule has 2 amide bonds. The second-order valence-corrected chi connectivity index (χ2v) is 6.61. The maximum atomic E-state index is 12.4. The van der Waals surface area contributed by atoms with Gasteiger partial charge in [-0.2, -0.15) is 0 Å². The van der Waals surface area contributed by atoms with Crippen LogP contribution in [-0.4, -0.2) is 48.8 Å². The van der Waals surface area contributed by atoms with E-state index in [1.807, 2.05) is 41.3 Å². The Morgan fingerprint density at radius 3 is 2.50 bits per heavy atom. The van der Waals surface area contributed by atoms with Crippen LogP contribution in [0.3, 0.4) is 0 Å². The molecule has 1 N–H and O–H groups in total. The van der Waals surface area contributed by atoms with Gasteiger partial charge in [-0.15, -0.1) is 0 Å². The minimum absolute atomic E-state index is 0.0356. The fraction of sp³-hybridized carbons (Fsp3) is 0.350. The third-order valence-electron chi connectivity index (χ3n) is 5.05. The van der Waals surface area contributed by atoms with Gasteiger partial charge >= 0.3 is 6.03 Å². The van der Waals surface area contributed by atoms with Gasteiger partial charge in [0.15, 0.2) is 11.5 Å². The number of carbonyl (C=O) groups is 1. The lowest BCUT2D eigenvalue weighted by Gasteiger charge is -2.38. The summed E-state index contributed by atoms with van der Waals surface area (Å²) >= 11 is 0. The molecule has 0 aliphatic carbocycles. The predicted molar refractivity (Wildman–Crippen MR) is 99.6 cm³/mol. The van der Waals surface area contributed by atoms with Gasteiger partial charge in [-0.25, -0.2) is 4.79 Å². The zero-order chi connectivity index (χ0) is 17.9. The number of ether oxygens (including phenoxy) is 2. The summed E-state index contributed by atoms with van der Waals surface area (Å²) in [6.45, 7) is 5.61. The van der Waals surface area contributed by atoms with Crippen LogP contribution in [0.5, 0.6) is 11.5 Å². The summed E-state index contributed by atoms with van der Waals surface area (Å²) in [5.74, 6) is 1.62. The van der Waals surface area contributed by atoms with Crippen molar-refractivity contribution in [2.24, 2.45) is 0 Å². The van der Waals surface area contributed by atoms with Gasteiger partial charge in [-0.3, -0.25) is 4.90 Å². The predicted octanol–water partition coefficient (Wildman–Crippen LogP) is 3.33. The third kappa shape index (κ3) is 3.46. The number of amides is 2. The summed E-state index contributed by atoms with van der Waals surface area (Å²) in [5, 5.41) is 2.95. The Hall–Kier alpha value is -2.73. The van der Waals surface area contributed by atoms with Crippen LogP contribution in [0.2, 0.25) is 0 Å². The number of hydrogen-bond acceptors (Lipinski definition) is 4. The Kier molecular flexibility index (Phi) is 4.67. The smallest absolute Gasteiger partial charge is 0.321 e. The average Bonchev–Trinajstić information content (AvgIpc) is 3.16. The minimum atomic E-state index is -0.0356. The normalized spacial score (nSPS) is 17.8. The van der Waals surface area contributed by atoms with Crippen molar-refractivity contribution in [1.29, 1.82) is 0 Å². The monoisotopic (exact) mass is 353 g/mol. The van der Waals surface area contributed by atoms with Crippen molar-refractivity contribution in [2.75, 3.05) is 38.3 Å². The fourth-order valence-corrected chi connectivity index (χ4v) is 3.42. The molecular formula is C20H23N3O3. The number of fused-ring (bicyclic) bond motifs is 1. The van der Waals surface area contributed by atoms with E-state index in [9.17, 15) is 4.79 Å². The number of rotatable bonds is 3. The number of urea groups is 1. The van der Waals surface area contributed by atoms with Gasteiger partial charge in [0.25, 0.3) is 0 Å². The lowest BCUT2D eigenvalue weighted by atomic mass is 10.1. The van der Waals surface area contributed by atoms with E-state index in [1.54, 1.807) is 0 Å². The molecule has 1 atom stereocenters. The zero-order valence-electron chi connectivity index (χ0n) is 14.9. The number of piperazine rings is 1. The van der Waals surface area contributed by atoms with Gasteiger partial charge in [0, 0.05) is 37.9 Å². The number of carbonyl (C=O) groups excluding carboxylic acids is 1. The van der Waals surface area contributed by atoms with E-state index in [-0.39, 0.29) is 12.1 Å². The molecule has 136 valence electrons. The molecule has 0 radical (unpaired) electrons. The van der Waals surface area contributed by atoms with E-state index >= 15 is 0 Å². The minimum Gasteiger partial charge on any atom is -0.454 e. The van der Waals surface area contributed by atoms with Crippen LogP contribution in [0.4, 0.5) is 10.5 Å². The van der Waals surface area contributed by atoms with Crippen LogP contribution >= 0.6 is 0 Å². The summed E-state index contributed by atoms with van der Waals surface area (Å²) in [6, 6.07) is 15.9. The second-order valence-electron chi connectivity index (χ2n) is 6.61. The molecule has 6 nitrogen and oxygen atoms in total. The van der Waals surface area contributed by atoms with E-state index in [0.29, 0.717) is 19.9 Å². The molecule has 0 aromatic heterocycles. The molecule has 1 saturated heterocycles. The lowest BCUT2D eigenvalue weighted by Crippen LogP contribution is -2.50. The van der Waals surface area contributed by atoms with Gasteiger partial charge in [0.05, 0.1) is 0 Å². The number of nitrogens with zero attached hydrogens (tertiary/aromatic N) is 2. The highest BCUT2D eigenvalue weighted by molar-refractivity contribution is 5.89. The van der Waals surface area contributed by atoms with Crippen LogP contribution in [0.15, 0.2) is 48.5 Å². The molecule has 26 heavy (non-hydrogen) atoms. The standard InChI is InChI=1S/C20H23N3O3/c1-15(16-7-8-18-19(13-16)26-14-25-18)22-9-11-23(12-10-22)20(24)21-17-5-3-2-4-6-17/h2-8,13,15H,9-12,14H2,1H3,(H,21,24). The Balaban J connectivity index is 1.33. The Morgan fingerprint density at radius 2 is 1.73 bits per heavy atom. The van der Waals surface area contributed by atoms with Crippen LogP contribution in [0.1, 0.15) is 18.5 Å². The molecule has 2 aromatic rings. The number of benzene rings is 2. The number of para-hydroxylation sites is 1. The van der Waals surface area contributed by atoms with Crippen molar-refractivity contribution in [1.82, 2.24) is 9.80 Å². The second kappa shape index (κ2) is 7.25. The molecule has 0 bridgehead atoms. The highest BCUT2D eigenvalue weighted by atomic mass is 16.7. The molecule has 2 aromatic carbocycles. The van der Waals surface area contributed by atoms with Crippen LogP contribution in [0.25, 0.3) is 0 Å². The van der Waals surface area contributed by atoms with Gasteiger partial charge in [-0.1, -0.05) is 24.3 Å². The first-order chi connectivity index (χ1) is 12.7. The Bertz CT molecular complexity index is 773. The largest absolute Gasteiger partial charge is 0.454 e. The number of anilines is 1. The number of nitrogens with one attached hydrogen (secondary N) is 1. The summed E-state index contributed by atoms with van der Waals surface area (Å²) in [6.07, 6.45) is 0. The van der Waals surface area contributed by atoms with Gasteiger partial charge in [-0.05, 0) is 36.8 Å².